The van der Waals surface area contributed by atoms with Crippen LogP contribution in [0, 0.1) is 5.92 Å². The first-order valence-electron chi connectivity index (χ1n) is 10.1. The highest BCUT2D eigenvalue weighted by Crippen LogP contribution is 2.29. The Morgan fingerprint density at radius 3 is 2.55 bits per heavy atom. The van der Waals surface area contributed by atoms with Crippen molar-refractivity contribution in [3.8, 4) is 0 Å². The molecular weight excluding hydrogens is 406 g/mol. The molecular formula is C22H28ClN3O2S. The SMILES string of the molecule is CC1CCN(C(CNC(=O)CCNC(=O)c2ccc(Cl)cc2)c2cccs2)CC1. The van der Waals surface area contributed by atoms with Gasteiger partial charge in [-0.25, -0.2) is 0 Å². The van der Waals surface area contributed by atoms with Crippen LogP contribution in [0.2, 0.25) is 5.02 Å². The van der Waals surface area contributed by atoms with Crippen LogP contribution in [0.3, 0.4) is 0 Å². The molecule has 2 N–H and O–H groups in total. The Morgan fingerprint density at radius 2 is 1.90 bits per heavy atom. The van der Waals surface area contributed by atoms with Crippen molar-refractivity contribution in [3.63, 3.8) is 0 Å². The molecule has 1 atom stereocenters. The Bertz CT molecular complexity index is 787. The van der Waals surface area contributed by atoms with Crippen LogP contribution in [-0.2, 0) is 4.79 Å². The maximum Gasteiger partial charge on any atom is 0.251 e. The first-order valence-corrected chi connectivity index (χ1v) is 11.4. The highest BCUT2D eigenvalue weighted by Gasteiger charge is 2.25. The summed E-state index contributed by atoms with van der Waals surface area (Å²) in [6.07, 6.45) is 2.66. The fourth-order valence-corrected chi connectivity index (χ4v) is 4.51. The van der Waals surface area contributed by atoms with Crippen molar-refractivity contribution >= 4 is 34.8 Å². The van der Waals surface area contributed by atoms with E-state index >= 15 is 0 Å². The monoisotopic (exact) mass is 433 g/mol. The molecule has 0 bridgehead atoms. The van der Waals surface area contributed by atoms with Crippen molar-refractivity contribution < 1.29 is 9.59 Å². The average Bonchev–Trinajstić information content (AvgIpc) is 3.24. The van der Waals surface area contributed by atoms with Gasteiger partial charge in [-0.1, -0.05) is 24.6 Å². The number of benzene rings is 1. The van der Waals surface area contributed by atoms with Crippen LogP contribution < -0.4 is 10.6 Å². The summed E-state index contributed by atoms with van der Waals surface area (Å²) in [6.45, 7) is 5.34. The predicted octanol–water partition coefficient (Wildman–Crippen LogP) is 4.11. The number of halogens is 1. The minimum atomic E-state index is -0.201. The summed E-state index contributed by atoms with van der Waals surface area (Å²) in [7, 11) is 0. The van der Waals surface area contributed by atoms with E-state index in [4.69, 9.17) is 11.6 Å². The molecule has 0 aliphatic carbocycles. The molecule has 0 radical (unpaired) electrons. The fourth-order valence-electron chi connectivity index (χ4n) is 3.52. The number of carbonyl (C=O) groups excluding carboxylic acids is 2. The van der Waals surface area contributed by atoms with E-state index in [1.54, 1.807) is 35.6 Å². The molecule has 1 aromatic carbocycles. The molecule has 156 valence electrons. The molecule has 1 saturated heterocycles. The molecule has 1 aromatic heterocycles. The number of nitrogens with one attached hydrogen (secondary N) is 2. The zero-order valence-corrected chi connectivity index (χ0v) is 18.3. The Morgan fingerprint density at radius 1 is 1.17 bits per heavy atom. The average molecular weight is 434 g/mol. The molecule has 1 fully saturated rings. The zero-order valence-electron chi connectivity index (χ0n) is 16.7. The predicted molar refractivity (Wildman–Crippen MR) is 118 cm³/mol. The van der Waals surface area contributed by atoms with Gasteiger partial charge in [0.2, 0.25) is 5.91 Å². The lowest BCUT2D eigenvalue weighted by Crippen LogP contribution is -2.42. The van der Waals surface area contributed by atoms with Gasteiger partial charge in [-0.05, 0) is 67.6 Å². The molecule has 0 spiro atoms. The quantitative estimate of drug-likeness (QED) is 0.658. The van der Waals surface area contributed by atoms with Gasteiger partial charge in [-0.2, -0.15) is 0 Å². The topological polar surface area (TPSA) is 61.4 Å². The third kappa shape index (κ3) is 6.56. The van der Waals surface area contributed by atoms with Crippen LogP contribution in [0.1, 0.15) is 47.5 Å². The standard InChI is InChI=1S/C22H28ClN3O2S/c1-16-9-12-26(13-10-16)19(20-3-2-14-29-20)15-25-21(27)8-11-24-22(28)17-4-6-18(23)7-5-17/h2-7,14,16,19H,8-13,15H2,1H3,(H,24,28)(H,25,27). The molecule has 1 unspecified atom stereocenters. The number of thiophene rings is 1. The van der Waals surface area contributed by atoms with Crippen LogP contribution in [0.25, 0.3) is 0 Å². The minimum Gasteiger partial charge on any atom is -0.354 e. The number of piperidine rings is 1. The van der Waals surface area contributed by atoms with Gasteiger partial charge in [0, 0.05) is 35.0 Å². The summed E-state index contributed by atoms with van der Waals surface area (Å²) in [5, 5.41) is 8.51. The van der Waals surface area contributed by atoms with Crippen molar-refractivity contribution in [2.24, 2.45) is 5.92 Å². The van der Waals surface area contributed by atoms with E-state index in [0.717, 1.165) is 19.0 Å². The third-order valence-electron chi connectivity index (χ3n) is 5.37. The van der Waals surface area contributed by atoms with E-state index < -0.39 is 0 Å². The van der Waals surface area contributed by atoms with Crippen LogP contribution in [-0.4, -0.2) is 42.9 Å². The van der Waals surface area contributed by atoms with Crippen molar-refractivity contribution in [1.29, 1.82) is 0 Å². The third-order valence-corrected chi connectivity index (χ3v) is 6.59. The van der Waals surface area contributed by atoms with E-state index in [-0.39, 0.29) is 24.3 Å². The lowest BCUT2D eigenvalue weighted by Gasteiger charge is -2.36. The molecule has 0 saturated carbocycles. The molecule has 7 heteroatoms. The summed E-state index contributed by atoms with van der Waals surface area (Å²) < 4.78 is 0. The summed E-state index contributed by atoms with van der Waals surface area (Å²) in [4.78, 5) is 28.2. The zero-order chi connectivity index (χ0) is 20.6. The second-order valence-corrected chi connectivity index (χ2v) is 8.98. The van der Waals surface area contributed by atoms with Crippen LogP contribution in [0.15, 0.2) is 41.8 Å². The summed E-state index contributed by atoms with van der Waals surface area (Å²) in [6, 6.07) is 11.1. The highest BCUT2D eigenvalue weighted by molar-refractivity contribution is 7.10. The normalized spacial score (nSPS) is 16.3. The van der Waals surface area contributed by atoms with Gasteiger partial charge in [0.1, 0.15) is 0 Å². The number of nitrogens with zero attached hydrogens (tertiary/aromatic N) is 1. The summed E-state index contributed by atoms with van der Waals surface area (Å²) in [5.41, 5.74) is 0.534. The van der Waals surface area contributed by atoms with Crippen LogP contribution >= 0.6 is 22.9 Å². The largest absolute Gasteiger partial charge is 0.354 e. The lowest BCUT2D eigenvalue weighted by atomic mass is 9.97. The van der Waals surface area contributed by atoms with Gasteiger partial charge in [0.25, 0.3) is 5.91 Å². The Labute approximate surface area is 181 Å². The number of rotatable bonds is 8. The maximum atomic E-state index is 12.3. The van der Waals surface area contributed by atoms with Crippen LogP contribution in [0.4, 0.5) is 0 Å². The molecule has 2 aromatic rings. The Balaban J connectivity index is 1.45. The van der Waals surface area contributed by atoms with Crippen molar-refractivity contribution in [3.05, 3.63) is 57.2 Å². The first-order chi connectivity index (χ1) is 14.0. The molecule has 2 amide bonds. The maximum absolute atomic E-state index is 12.3. The highest BCUT2D eigenvalue weighted by atomic mass is 35.5. The van der Waals surface area contributed by atoms with E-state index in [1.807, 2.05) is 0 Å². The number of hydrogen-bond acceptors (Lipinski definition) is 4. The van der Waals surface area contributed by atoms with Gasteiger partial charge in [-0.15, -0.1) is 11.3 Å². The molecule has 3 rings (SSSR count). The van der Waals surface area contributed by atoms with E-state index in [0.29, 0.717) is 23.7 Å². The van der Waals surface area contributed by atoms with E-state index in [1.165, 1.54) is 17.7 Å². The molecule has 1 aliphatic heterocycles. The van der Waals surface area contributed by atoms with Crippen LogP contribution in [0.5, 0.6) is 0 Å². The Hall–Kier alpha value is -1.89. The number of amides is 2. The number of hydrogen-bond donors (Lipinski definition) is 2. The smallest absolute Gasteiger partial charge is 0.251 e. The summed E-state index contributed by atoms with van der Waals surface area (Å²) >= 11 is 7.57. The molecule has 1 aliphatic rings. The van der Waals surface area contributed by atoms with Gasteiger partial charge >= 0.3 is 0 Å². The van der Waals surface area contributed by atoms with E-state index in [9.17, 15) is 9.59 Å². The number of likely N-dealkylation sites (tertiary alicyclic amines) is 1. The summed E-state index contributed by atoms with van der Waals surface area (Å²) in [5.74, 6) is 0.524. The van der Waals surface area contributed by atoms with Gasteiger partial charge < -0.3 is 10.6 Å². The lowest BCUT2D eigenvalue weighted by molar-refractivity contribution is -0.121. The van der Waals surface area contributed by atoms with Gasteiger partial charge in [0.15, 0.2) is 0 Å². The van der Waals surface area contributed by atoms with Crippen molar-refractivity contribution in [2.45, 2.75) is 32.2 Å². The van der Waals surface area contributed by atoms with Crippen molar-refractivity contribution in [2.75, 3.05) is 26.2 Å². The second kappa shape index (κ2) is 10.8. The minimum absolute atomic E-state index is 0.0478. The van der Waals surface area contributed by atoms with E-state index in [2.05, 4.69) is 40.0 Å². The van der Waals surface area contributed by atoms with Crippen molar-refractivity contribution in [1.82, 2.24) is 15.5 Å². The molecule has 2 heterocycles. The molecule has 29 heavy (non-hydrogen) atoms. The molecule has 5 nitrogen and oxygen atoms in total. The van der Waals surface area contributed by atoms with Gasteiger partial charge in [-0.3, -0.25) is 14.5 Å². The number of carbonyl (C=O) groups is 2. The Kier molecular flexibility index (Phi) is 8.09. The fraction of sp³-hybridized carbons (Fsp3) is 0.455. The first kappa shape index (κ1) is 21.8. The second-order valence-electron chi connectivity index (χ2n) is 7.57. The van der Waals surface area contributed by atoms with Gasteiger partial charge in [0.05, 0.1) is 6.04 Å².